The molecule has 5 heteroatoms. The highest BCUT2D eigenvalue weighted by molar-refractivity contribution is 5.76. The largest absolute Gasteiger partial charge is 0.497 e. The Labute approximate surface area is 142 Å². The molecule has 0 bridgehead atoms. The molecule has 2 rings (SSSR count). The second kappa shape index (κ2) is 8.93. The van der Waals surface area contributed by atoms with Crippen LogP contribution >= 0.6 is 0 Å². The molecule has 0 saturated heterocycles. The highest BCUT2D eigenvalue weighted by atomic mass is 16.5. The van der Waals surface area contributed by atoms with E-state index in [0.717, 1.165) is 22.6 Å². The SMILES string of the molecule is COC(=O)[C@@H](Cc1ccc(OC)cc1)NCc1ccc(OC)cc1. The molecule has 128 valence electrons. The molecule has 0 spiro atoms. The molecule has 2 aromatic carbocycles. The molecule has 0 aliphatic rings. The molecule has 5 nitrogen and oxygen atoms in total. The van der Waals surface area contributed by atoms with E-state index in [1.165, 1.54) is 7.11 Å². The summed E-state index contributed by atoms with van der Waals surface area (Å²) in [6, 6.07) is 15.0. The number of nitrogens with one attached hydrogen (secondary N) is 1. The monoisotopic (exact) mass is 329 g/mol. The zero-order valence-corrected chi connectivity index (χ0v) is 14.2. The van der Waals surface area contributed by atoms with Gasteiger partial charge in [-0.3, -0.25) is 4.79 Å². The minimum Gasteiger partial charge on any atom is -0.497 e. The number of hydrogen-bond donors (Lipinski definition) is 1. The van der Waals surface area contributed by atoms with Gasteiger partial charge in [0.25, 0.3) is 0 Å². The zero-order valence-electron chi connectivity index (χ0n) is 14.2. The molecule has 1 N–H and O–H groups in total. The van der Waals surface area contributed by atoms with Gasteiger partial charge in [0.05, 0.1) is 21.3 Å². The summed E-state index contributed by atoms with van der Waals surface area (Å²) in [6.45, 7) is 0.569. The molecule has 0 aliphatic heterocycles. The van der Waals surface area contributed by atoms with E-state index in [0.29, 0.717) is 13.0 Å². The highest BCUT2D eigenvalue weighted by Gasteiger charge is 2.19. The van der Waals surface area contributed by atoms with Crippen LogP contribution < -0.4 is 14.8 Å². The summed E-state index contributed by atoms with van der Waals surface area (Å²) in [5, 5.41) is 3.25. The van der Waals surface area contributed by atoms with Gasteiger partial charge in [-0.1, -0.05) is 24.3 Å². The number of benzene rings is 2. The van der Waals surface area contributed by atoms with E-state index < -0.39 is 6.04 Å². The van der Waals surface area contributed by atoms with Crippen LogP contribution in [0.5, 0.6) is 11.5 Å². The first kappa shape index (κ1) is 17.8. The summed E-state index contributed by atoms with van der Waals surface area (Å²) in [5.41, 5.74) is 2.10. The summed E-state index contributed by atoms with van der Waals surface area (Å²) in [4.78, 5) is 12.0. The Hall–Kier alpha value is -2.53. The van der Waals surface area contributed by atoms with Crippen molar-refractivity contribution < 1.29 is 19.0 Å². The van der Waals surface area contributed by atoms with Gasteiger partial charge in [0.15, 0.2) is 0 Å². The van der Waals surface area contributed by atoms with Crippen LogP contribution in [0, 0.1) is 0 Å². The number of rotatable bonds is 8. The van der Waals surface area contributed by atoms with Gasteiger partial charge in [-0.2, -0.15) is 0 Å². The number of methoxy groups -OCH3 is 3. The van der Waals surface area contributed by atoms with Gasteiger partial charge < -0.3 is 19.5 Å². The normalized spacial score (nSPS) is 11.6. The van der Waals surface area contributed by atoms with Crippen molar-refractivity contribution in [1.29, 1.82) is 0 Å². The molecule has 0 aliphatic carbocycles. The topological polar surface area (TPSA) is 56.8 Å². The maximum Gasteiger partial charge on any atom is 0.323 e. The Morgan fingerprint density at radius 3 is 1.83 bits per heavy atom. The van der Waals surface area contributed by atoms with Crippen LogP contribution in [0.15, 0.2) is 48.5 Å². The molecule has 0 heterocycles. The average molecular weight is 329 g/mol. The van der Waals surface area contributed by atoms with Crippen molar-refractivity contribution in [1.82, 2.24) is 5.32 Å². The second-order valence-corrected chi connectivity index (χ2v) is 5.36. The van der Waals surface area contributed by atoms with Gasteiger partial charge in [0.2, 0.25) is 0 Å². The molecule has 0 amide bonds. The predicted molar refractivity (Wildman–Crippen MR) is 92.3 cm³/mol. The van der Waals surface area contributed by atoms with Crippen molar-refractivity contribution in [2.45, 2.75) is 19.0 Å². The second-order valence-electron chi connectivity index (χ2n) is 5.36. The van der Waals surface area contributed by atoms with Crippen LogP contribution in [0.1, 0.15) is 11.1 Å². The van der Waals surface area contributed by atoms with E-state index in [4.69, 9.17) is 14.2 Å². The van der Waals surface area contributed by atoms with Crippen LogP contribution in [0.25, 0.3) is 0 Å². The first-order valence-corrected chi connectivity index (χ1v) is 7.73. The smallest absolute Gasteiger partial charge is 0.323 e. The summed E-state index contributed by atoms with van der Waals surface area (Å²) in [7, 11) is 4.66. The van der Waals surface area contributed by atoms with Crippen LogP contribution in [0.4, 0.5) is 0 Å². The minimum absolute atomic E-state index is 0.278. The van der Waals surface area contributed by atoms with Crippen molar-refractivity contribution in [3.8, 4) is 11.5 Å². The lowest BCUT2D eigenvalue weighted by Gasteiger charge is -2.17. The van der Waals surface area contributed by atoms with Gasteiger partial charge in [0.1, 0.15) is 17.5 Å². The van der Waals surface area contributed by atoms with Gasteiger partial charge in [-0.15, -0.1) is 0 Å². The van der Waals surface area contributed by atoms with Crippen molar-refractivity contribution >= 4 is 5.97 Å². The van der Waals surface area contributed by atoms with Crippen molar-refractivity contribution in [3.05, 3.63) is 59.7 Å². The molecule has 2 aromatic rings. The molecule has 1 atom stereocenters. The number of hydrogen-bond acceptors (Lipinski definition) is 5. The Kier molecular flexibility index (Phi) is 6.63. The first-order chi connectivity index (χ1) is 11.7. The quantitative estimate of drug-likeness (QED) is 0.755. The van der Waals surface area contributed by atoms with E-state index in [9.17, 15) is 4.79 Å². The van der Waals surface area contributed by atoms with Crippen LogP contribution in [0.3, 0.4) is 0 Å². The Morgan fingerprint density at radius 2 is 1.38 bits per heavy atom. The lowest BCUT2D eigenvalue weighted by atomic mass is 10.1. The van der Waals surface area contributed by atoms with Crippen molar-refractivity contribution in [3.63, 3.8) is 0 Å². The molecule has 0 unspecified atom stereocenters. The van der Waals surface area contributed by atoms with Gasteiger partial charge in [-0.05, 0) is 41.8 Å². The third-order valence-electron chi connectivity index (χ3n) is 3.80. The lowest BCUT2D eigenvalue weighted by molar-refractivity contribution is -0.143. The predicted octanol–water partition coefficient (Wildman–Crippen LogP) is 2.58. The number of esters is 1. The number of carbonyl (C=O) groups is 1. The first-order valence-electron chi connectivity index (χ1n) is 7.73. The van der Waals surface area contributed by atoms with E-state index in [-0.39, 0.29) is 5.97 Å². The fraction of sp³-hybridized carbons (Fsp3) is 0.316. The minimum atomic E-state index is -0.412. The Morgan fingerprint density at radius 1 is 0.875 bits per heavy atom. The van der Waals surface area contributed by atoms with E-state index in [2.05, 4.69) is 5.32 Å². The zero-order chi connectivity index (χ0) is 17.4. The number of ether oxygens (including phenoxy) is 3. The fourth-order valence-corrected chi connectivity index (χ4v) is 2.36. The molecule has 0 fully saturated rings. The summed E-state index contributed by atoms with van der Waals surface area (Å²) >= 11 is 0. The van der Waals surface area contributed by atoms with Gasteiger partial charge in [0, 0.05) is 6.54 Å². The van der Waals surface area contributed by atoms with E-state index >= 15 is 0 Å². The Balaban J connectivity index is 2.00. The van der Waals surface area contributed by atoms with Crippen LogP contribution in [-0.4, -0.2) is 33.3 Å². The van der Waals surface area contributed by atoms with Crippen molar-refractivity contribution in [2.75, 3.05) is 21.3 Å². The van der Waals surface area contributed by atoms with E-state index in [1.807, 2.05) is 48.5 Å². The maximum absolute atomic E-state index is 12.0. The third kappa shape index (κ3) is 4.99. The summed E-state index contributed by atoms with van der Waals surface area (Å²) in [6.07, 6.45) is 0.548. The average Bonchev–Trinajstić information content (AvgIpc) is 2.65. The van der Waals surface area contributed by atoms with Gasteiger partial charge in [-0.25, -0.2) is 0 Å². The van der Waals surface area contributed by atoms with Crippen molar-refractivity contribution in [2.24, 2.45) is 0 Å². The van der Waals surface area contributed by atoms with Crippen LogP contribution in [0.2, 0.25) is 0 Å². The molecule has 0 radical (unpaired) electrons. The standard InChI is InChI=1S/C19H23NO4/c1-22-16-8-4-14(5-9-16)12-18(19(21)24-3)20-13-15-6-10-17(23-2)11-7-15/h4-11,18,20H,12-13H2,1-3H3/t18-/m1/s1. The van der Waals surface area contributed by atoms with Crippen LogP contribution in [-0.2, 0) is 22.5 Å². The number of carbonyl (C=O) groups excluding carboxylic acids is 1. The fourth-order valence-electron chi connectivity index (χ4n) is 2.36. The third-order valence-corrected chi connectivity index (χ3v) is 3.80. The molecule has 0 aromatic heterocycles. The molecular formula is C19H23NO4. The summed E-state index contributed by atoms with van der Waals surface area (Å²) < 4.78 is 15.2. The molecule has 24 heavy (non-hydrogen) atoms. The molecular weight excluding hydrogens is 306 g/mol. The maximum atomic E-state index is 12.0. The highest BCUT2D eigenvalue weighted by Crippen LogP contribution is 2.14. The Bertz CT molecular complexity index is 637. The van der Waals surface area contributed by atoms with E-state index in [1.54, 1.807) is 14.2 Å². The van der Waals surface area contributed by atoms with Gasteiger partial charge >= 0.3 is 5.97 Å². The lowest BCUT2D eigenvalue weighted by Crippen LogP contribution is -2.39. The summed E-state index contributed by atoms with van der Waals surface area (Å²) in [5.74, 6) is 1.32. The molecule has 0 saturated carbocycles.